The molecule has 0 aliphatic carbocycles. The molecule has 0 saturated carbocycles. The second-order valence-corrected chi connectivity index (χ2v) is 7.02. The highest BCUT2D eigenvalue weighted by Crippen LogP contribution is 2.20. The SMILES string of the molecule is O=C(/C=C/c1ccccc1OCCN1CCOCC1)c1cc2ccccc2oc1=O. The van der Waals surface area contributed by atoms with Gasteiger partial charge in [-0.25, -0.2) is 4.79 Å². The molecular formula is C24H23NO5. The van der Waals surface area contributed by atoms with Crippen LogP contribution >= 0.6 is 0 Å². The fourth-order valence-electron chi connectivity index (χ4n) is 3.35. The first-order valence-corrected chi connectivity index (χ1v) is 9.98. The van der Waals surface area contributed by atoms with E-state index < -0.39 is 11.4 Å². The van der Waals surface area contributed by atoms with Crippen LogP contribution in [-0.4, -0.2) is 50.1 Å². The summed E-state index contributed by atoms with van der Waals surface area (Å²) in [5.41, 5.74) is 0.606. The van der Waals surface area contributed by atoms with E-state index in [1.54, 1.807) is 30.3 Å². The molecule has 154 valence electrons. The Morgan fingerprint density at radius 3 is 2.70 bits per heavy atom. The molecule has 6 nitrogen and oxygen atoms in total. The minimum absolute atomic E-state index is 0.00988. The van der Waals surface area contributed by atoms with E-state index in [4.69, 9.17) is 13.9 Å². The van der Waals surface area contributed by atoms with E-state index in [0.717, 1.165) is 38.4 Å². The molecule has 0 bridgehead atoms. The minimum Gasteiger partial charge on any atom is -0.492 e. The molecule has 2 aromatic carbocycles. The molecule has 0 unspecified atom stereocenters. The first kappa shape index (κ1) is 20.1. The van der Waals surface area contributed by atoms with Gasteiger partial charge in [0.15, 0.2) is 5.78 Å². The fourth-order valence-corrected chi connectivity index (χ4v) is 3.35. The molecule has 0 N–H and O–H groups in total. The summed E-state index contributed by atoms with van der Waals surface area (Å²) < 4.78 is 16.5. The number of benzene rings is 2. The number of morpholine rings is 1. The van der Waals surface area contributed by atoms with Gasteiger partial charge in [0.1, 0.15) is 23.5 Å². The van der Waals surface area contributed by atoms with E-state index in [1.165, 1.54) is 6.08 Å². The molecule has 6 heteroatoms. The maximum Gasteiger partial charge on any atom is 0.347 e. The van der Waals surface area contributed by atoms with E-state index in [0.29, 0.717) is 23.3 Å². The van der Waals surface area contributed by atoms with Crippen molar-refractivity contribution in [2.24, 2.45) is 0 Å². The highest BCUT2D eigenvalue weighted by molar-refractivity contribution is 6.07. The zero-order valence-corrected chi connectivity index (χ0v) is 16.6. The molecule has 1 aliphatic heterocycles. The number of fused-ring (bicyclic) bond motifs is 1. The predicted molar refractivity (Wildman–Crippen MR) is 115 cm³/mol. The Kier molecular flexibility index (Phi) is 6.37. The number of allylic oxidation sites excluding steroid dienone is 1. The minimum atomic E-state index is -0.640. The molecule has 1 aromatic heterocycles. The van der Waals surface area contributed by atoms with Crippen molar-refractivity contribution in [2.45, 2.75) is 0 Å². The Bertz CT molecular complexity index is 1110. The van der Waals surface area contributed by atoms with Crippen molar-refractivity contribution in [1.82, 2.24) is 4.90 Å². The molecule has 2 heterocycles. The van der Waals surface area contributed by atoms with E-state index in [2.05, 4.69) is 4.90 Å². The number of hydrogen-bond acceptors (Lipinski definition) is 6. The van der Waals surface area contributed by atoms with Crippen molar-refractivity contribution in [3.63, 3.8) is 0 Å². The molecule has 0 radical (unpaired) electrons. The Hall–Kier alpha value is -3.22. The summed E-state index contributed by atoms with van der Waals surface area (Å²) in [6.45, 7) is 4.70. The van der Waals surface area contributed by atoms with Crippen molar-refractivity contribution in [2.75, 3.05) is 39.5 Å². The molecule has 1 aliphatic rings. The van der Waals surface area contributed by atoms with Gasteiger partial charge in [0.05, 0.1) is 13.2 Å². The van der Waals surface area contributed by atoms with E-state index in [-0.39, 0.29) is 5.56 Å². The van der Waals surface area contributed by atoms with Gasteiger partial charge in [0.2, 0.25) is 0 Å². The molecule has 30 heavy (non-hydrogen) atoms. The number of rotatable bonds is 7. The van der Waals surface area contributed by atoms with Gasteiger partial charge in [-0.05, 0) is 30.4 Å². The average molecular weight is 405 g/mol. The van der Waals surface area contributed by atoms with Crippen LogP contribution in [-0.2, 0) is 4.74 Å². The zero-order valence-electron chi connectivity index (χ0n) is 16.6. The number of ketones is 1. The number of ether oxygens (including phenoxy) is 2. The Labute approximate surface area is 174 Å². The van der Waals surface area contributed by atoms with Crippen LogP contribution < -0.4 is 10.4 Å². The molecule has 1 fully saturated rings. The summed E-state index contributed by atoms with van der Waals surface area (Å²) in [5, 5.41) is 0.709. The Morgan fingerprint density at radius 2 is 1.83 bits per heavy atom. The zero-order chi connectivity index (χ0) is 20.8. The summed E-state index contributed by atoms with van der Waals surface area (Å²) in [7, 11) is 0. The first-order valence-electron chi connectivity index (χ1n) is 9.98. The van der Waals surface area contributed by atoms with Crippen LogP contribution in [0.1, 0.15) is 15.9 Å². The fraction of sp³-hybridized carbons (Fsp3) is 0.250. The van der Waals surface area contributed by atoms with Crippen LogP contribution in [0.2, 0.25) is 0 Å². The lowest BCUT2D eigenvalue weighted by Crippen LogP contribution is -2.38. The van der Waals surface area contributed by atoms with E-state index in [1.807, 2.05) is 30.3 Å². The molecule has 0 amide bonds. The topological polar surface area (TPSA) is 69.0 Å². The summed E-state index contributed by atoms with van der Waals surface area (Å²) in [5.74, 6) is 0.290. The summed E-state index contributed by atoms with van der Waals surface area (Å²) in [6, 6.07) is 16.2. The summed E-state index contributed by atoms with van der Waals surface area (Å²) >= 11 is 0. The number of para-hydroxylation sites is 2. The van der Waals surface area contributed by atoms with Crippen LogP contribution in [0.5, 0.6) is 5.75 Å². The van der Waals surface area contributed by atoms with Gasteiger partial charge < -0.3 is 13.9 Å². The molecule has 4 rings (SSSR count). The van der Waals surface area contributed by atoms with Gasteiger partial charge in [0, 0.05) is 30.6 Å². The van der Waals surface area contributed by atoms with Gasteiger partial charge in [-0.2, -0.15) is 0 Å². The van der Waals surface area contributed by atoms with E-state index in [9.17, 15) is 9.59 Å². The third-order valence-corrected chi connectivity index (χ3v) is 5.01. The molecular weight excluding hydrogens is 382 g/mol. The highest BCUT2D eigenvalue weighted by atomic mass is 16.5. The quantitative estimate of drug-likeness (QED) is 0.341. The summed E-state index contributed by atoms with van der Waals surface area (Å²) in [6.07, 6.45) is 3.05. The molecule has 1 saturated heterocycles. The molecule has 0 atom stereocenters. The standard InChI is InChI=1S/C24H23NO5/c26-21(20-17-19-6-2-4-8-23(19)30-24(20)27)10-9-18-5-1-3-7-22(18)29-16-13-25-11-14-28-15-12-25/h1-10,17H,11-16H2/b10-9+. The van der Waals surface area contributed by atoms with Crippen LogP contribution in [0.3, 0.4) is 0 Å². The van der Waals surface area contributed by atoms with Crippen LogP contribution in [0, 0.1) is 0 Å². The van der Waals surface area contributed by atoms with Gasteiger partial charge >= 0.3 is 5.63 Å². The molecule has 3 aromatic rings. The number of carbonyl (C=O) groups is 1. The smallest absolute Gasteiger partial charge is 0.347 e. The summed E-state index contributed by atoms with van der Waals surface area (Å²) in [4.78, 5) is 27.1. The first-order chi connectivity index (χ1) is 14.7. The van der Waals surface area contributed by atoms with Gasteiger partial charge in [-0.15, -0.1) is 0 Å². The van der Waals surface area contributed by atoms with Gasteiger partial charge in [-0.1, -0.05) is 36.4 Å². The third-order valence-electron chi connectivity index (χ3n) is 5.01. The normalized spacial score (nSPS) is 14.9. The number of carbonyl (C=O) groups excluding carboxylic acids is 1. The molecule has 0 spiro atoms. The second-order valence-electron chi connectivity index (χ2n) is 7.02. The lowest BCUT2D eigenvalue weighted by atomic mass is 10.1. The second kappa shape index (κ2) is 9.52. The number of nitrogens with zero attached hydrogens (tertiary/aromatic N) is 1. The lowest BCUT2D eigenvalue weighted by molar-refractivity contribution is 0.0322. The predicted octanol–water partition coefficient (Wildman–Crippen LogP) is 3.40. The Morgan fingerprint density at radius 1 is 1.07 bits per heavy atom. The monoisotopic (exact) mass is 405 g/mol. The largest absolute Gasteiger partial charge is 0.492 e. The lowest BCUT2D eigenvalue weighted by Gasteiger charge is -2.26. The van der Waals surface area contributed by atoms with Crippen molar-refractivity contribution in [3.8, 4) is 5.75 Å². The highest BCUT2D eigenvalue weighted by Gasteiger charge is 2.12. The van der Waals surface area contributed by atoms with Crippen molar-refractivity contribution >= 4 is 22.8 Å². The maximum atomic E-state index is 12.6. The van der Waals surface area contributed by atoms with E-state index >= 15 is 0 Å². The van der Waals surface area contributed by atoms with Crippen LogP contribution in [0.15, 0.2) is 69.9 Å². The number of hydrogen-bond donors (Lipinski definition) is 0. The van der Waals surface area contributed by atoms with Crippen molar-refractivity contribution in [3.05, 3.63) is 82.2 Å². The Balaban J connectivity index is 1.45. The van der Waals surface area contributed by atoms with Crippen LogP contribution in [0.25, 0.3) is 17.0 Å². The van der Waals surface area contributed by atoms with Crippen LogP contribution in [0.4, 0.5) is 0 Å². The maximum absolute atomic E-state index is 12.6. The van der Waals surface area contributed by atoms with Gasteiger partial charge in [0.25, 0.3) is 0 Å². The average Bonchev–Trinajstić information content (AvgIpc) is 2.78. The third kappa shape index (κ3) is 4.84. The van der Waals surface area contributed by atoms with Crippen molar-refractivity contribution in [1.29, 1.82) is 0 Å². The van der Waals surface area contributed by atoms with Gasteiger partial charge in [-0.3, -0.25) is 9.69 Å². The van der Waals surface area contributed by atoms with Crippen molar-refractivity contribution < 1.29 is 18.7 Å².